The Morgan fingerprint density at radius 3 is 2.22 bits per heavy atom. The van der Waals surface area contributed by atoms with Crippen LogP contribution in [0.3, 0.4) is 0 Å². The molecule has 5 heteroatoms. The van der Waals surface area contributed by atoms with Gasteiger partial charge in [0.2, 0.25) is 0 Å². The van der Waals surface area contributed by atoms with Crippen LogP contribution in [0, 0.1) is 0 Å². The quantitative estimate of drug-likeness (QED) is 0.862. The second-order valence-electron chi connectivity index (χ2n) is 3.62. The van der Waals surface area contributed by atoms with Crippen molar-refractivity contribution in [3.63, 3.8) is 0 Å². The van der Waals surface area contributed by atoms with Crippen molar-refractivity contribution in [1.82, 2.24) is 4.98 Å². The van der Waals surface area contributed by atoms with Gasteiger partial charge in [-0.15, -0.1) is 0 Å². The SMILES string of the molecule is O=C(O)c1ccc(-c2cccc(C(=O)O)c2)nc1. The average Bonchev–Trinajstić information content (AvgIpc) is 2.39. The molecule has 0 spiro atoms. The van der Waals surface area contributed by atoms with Crippen LogP contribution in [0.25, 0.3) is 11.3 Å². The van der Waals surface area contributed by atoms with E-state index in [1.807, 2.05) is 0 Å². The lowest BCUT2D eigenvalue weighted by molar-refractivity contribution is 0.0686. The van der Waals surface area contributed by atoms with Gasteiger partial charge in [0.25, 0.3) is 0 Å². The molecule has 0 radical (unpaired) electrons. The predicted molar refractivity (Wildman–Crippen MR) is 63.6 cm³/mol. The number of carboxylic acid groups (broad SMARTS) is 2. The van der Waals surface area contributed by atoms with E-state index < -0.39 is 11.9 Å². The molecule has 0 amide bonds. The summed E-state index contributed by atoms with van der Waals surface area (Å²) in [5.41, 5.74) is 1.42. The van der Waals surface area contributed by atoms with Crippen molar-refractivity contribution in [2.45, 2.75) is 0 Å². The molecule has 5 nitrogen and oxygen atoms in total. The summed E-state index contributed by atoms with van der Waals surface area (Å²) in [7, 11) is 0. The van der Waals surface area contributed by atoms with Crippen LogP contribution in [0.4, 0.5) is 0 Å². The number of aromatic carboxylic acids is 2. The van der Waals surface area contributed by atoms with Crippen LogP contribution in [0.2, 0.25) is 0 Å². The molecule has 0 aliphatic carbocycles. The van der Waals surface area contributed by atoms with Crippen LogP contribution in [0.1, 0.15) is 20.7 Å². The van der Waals surface area contributed by atoms with Gasteiger partial charge in [0.1, 0.15) is 0 Å². The molecule has 90 valence electrons. The summed E-state index contributed by atoms with van der Waals surface area (Å²) in [4.78, 5) is 25.5. The van der Waals surface area contributed by atoms with Crippen LogP contribution in [-0.4, -0.2) is 27.1 Å². The average molecular weight is 243 g/mol. The molecule has 2 aromatic rings. The van der Waals surface area contributed by atoms with Crippen molar-refractivity contribution in [2.24, 2.45) is 0 Å². The topological polar surface area (TPSA) is 87.5 Å². The second kappa shape index (κ2) is 4.67. The smallest absolute Gasteiger partial charge is 0.337 e. The zero-order chi connectivity index (χ0) is 13.1. The zero-order valence-corrected chi connectivity index (χ0v) is 9.20. The molecule has 0 atom stereocenters. The van der Waals surface area contributed by atoms with Crippen molar-refractivity contribution in [3.8, 4) is 11.3 Å². The number of carboxylic acids is 2. The van der Waals surface area contributed by atoms with Gasteiger partial charge in [-0.25, -0.2) is 9.59 Å². The second-order valence-corrected chi connectivity index (χ2v) is 3.62. The summed E-state index contributed by atoms with van der Waals surface area (Å²) in [5.74, 6) is -2.06. The van der Waals surface area contributed by atoms with Gasteiger partial charge >= 0.3 is 11.9 Å². The maximum atomic E-state index is 10.8. The number of nitrogens with zero attached hydrogens (tertiary/aromatic N) is 1. The lowest BCUT2D eigenvalue weighted by atomic mass is 10.1. The normalized spacial score (nSPS) is 10.0. The van der Waals surface area contributed by atoms with Crippen molar-refractivity contribution in [1.29, 1.82) is 0 Å². The largest absolute Gasteiger partial charge is 0.478 e. The van der Waals surface area contributed by atoms with E-state index in [1.54, 1.807) is 18.2 Å². The number of benzene rings is 1. The van der Waals surface area contributed by atoms with Crippen LogP contribution in [-0.2, 0) is 0 Å². The van der Waals surface area contributed by atoms with Crippen molar-refractivity contribution >= 4 is 11.9 Å². The molecule has 0 aliphatic heterocycles. The molecule has 1 aromatic heterocycles. The van der Waals surface area contributed by atoms with Crippen LogP contribution >= 0.6 is 0 Å². The van der Waals surface area contributed by atoms with Gasteiger partial charge in [-0.1, -0.05) is 12.1 Å². The molecular formula is C13H9NO4. The Morgan fingerprint density at radius 1 is 0.944 bits per heavy atom. The van der Waals surface area contributed by atoms with Gasteiger partial charge in [0.05, 0.1) is 16.8 Å². The molecular weight excluding hydrogens is 234 g/mol. The highest BCUT2D eigenvalue weighted by molar-refractivity contribution is 5.89. The van der Waals surface area contributed by atoms with Crippen LogP contribution in [0.15, 0.2) is 42.6 Å². The monoisotopic (exact) mass is 243 g/mol. The Balaban J connectivity index is 2.39. The number of aromatic nitrogens is 1. The summed E-state index contributed by atoms with van der Waals surface area (Å²) < 4.78 is 0. The maximum Gasteiger partial charge on any atom is 0.337 e. The van der Waals surface area contributed by atoms with E-state index in [2.05, 4.69) is 4.98 Å². The molecule has 2 N–H and O–H groups in total. The van der Waals surface area contributed by atoms with Crippen molar-refractivity contribution in [3.05, 3.63) is 53.7 Å². The van der Waals surface area contributed by atoms with E-state index >= 15 is 0 Å². The van der Waals surface area contributed by atoms with Crippen molar-refractivity contribution in [2.75, 3.05) is 0 Å². The molecule has 0 aliphatic rings. The zero-order valence-electron chi connectivity index (χ0n) is 9.20. The highest BCUT2D eigenvalue weighted by Gasteiger charge is 2.07. The Morgan fingerprint density at radius 2 is 1.67 bits per heavy atom. The molecule has 0 bridgehead atoms. The van der Waals surface area contributed by atoms with E-state index in [9.17, 15) is 9.59 Å². The van der Waals surface area contributed by atoms with Crippen LogP contribution < -0.4 is 0 Å². The molecule has 1 heterocycles. The first-order valence-corrected chi connectivity index (χ1v) is 5.11. The third kappa shape index (κ3) is 2.35. The first kappa shape index (κ1) is 11.8. The van der Waals surface area contributed by atoms with Gasteiger partial charge in [0.15, 0.2) is 0 Å². The molecule has 0 unspecified atom stereocenters. The molecule has 1 aromatic carbocycles. The molecule has 0 saturated heterocycles. The van der Waals surface area contributed by atoms with Gasteiger partial charge in [-0.05, 0) is 24.3 Å². The molecule has 0 saturated carbocycles. The fraction of sp³-hybridized carbons (Fsp3) is 0. The van der Waals surface area contributed by atoms with Gasteiger partial charge in [-0.3, -0.25) is 4.98 Å². The lowest BCUT2D eigenvalue weighted by Crippen LogP contribution is -1.98. The fourth-order valence-corrected chi connectivity index (χ4v) is 1.50. The minimum absolute atomic E-state index is 0.0909. The standard InChI is InChI=1S/C13H9NO4/c15-12(16)9-3-1-2-8(6-9)11-5-4-10(7-14-11)13(17)18/h1-7H,(H,15,16)(H,17,18). The number of hydrogen-bond donors (Lipinski definition) is 2. The van der Waals surface area contributed by atoms with Crippen LogP contribution in [0.5, 0.6) is 0 Å². The fourth-order valence-electron chi connectivity index (χ4n) is 1.50. The number of hydrogen-bond acceptors (Lipinski definition) is 3. The number of pyridine rings is 1. The first-order valence-electron chi connectivity index (χ1n) is 5.11. The molecule has 18 heavy (non-hydrogen) atoms. The summed E-state index contributed by atoms with van der Waals surface area (Å²) in [5, 5.41) is 17.6. The highest BCUT2D eigenvalue weighted by atomic mass is 16.4. The summed E-state index contributed by atoms with van der Waals surface area (Å²) in [6, 6.07) is 9.28. The Hall–Kier alpha value is -2.69. The number of carbonyl (C=O) groups is 2. The molecule has 2 rings (SSSR count). The minimum Gasteiger partial charge on any atom is -0.478 e. The van der Waals surface area contributed by atoms with E-state index in [-0.39, 0.29) is 11.1 Å². The third-order valence-corrected chi connectivity index (χ3v) is 2.42. The Bertz CT molecular complexity index is 605. The molecule has 0 fully saturated rings. The van der Waals surface area contributed by atoms with E-state index in [4.69, 9.17) is 10.2 Å². The third-order valence-electron chi connectivity index (χ3n) is 2.42. The summed E-state index contributed by atoms with van der Waals surface area (Å²) in [6.07, 6.45) is 1.24. The summed E-state index contributed by atoms with van der Waals surface area (Å²) in [6.45, 7) is 0. The van der Waals surface area contributed by atoms with E-state index in [1.165, 1.54) is 24.4 Å². The Labute approximate surface area is 102 Å². The minimum atomic E-state index is -1.05. The Kier molecular flexibility index (Phi) is 3.05. The predicted octanol–water partition coefficient (Wildman–Crippen LogP) is 2.14. The van der Waals surface area contributed by atoms with Crippen molar-refractivity contribution < 1.29 is 19.8 Å². The highest BCUT2D eigenvalue weighted by Crippen LogP contribution is 2.18. The summed E-state index contributed by atoms with van der Waals surface area (Å²) >= 11 is 0. The van der Waals surface area contributed by atoms with Gasteiger partial charge in [0, 0.05) is 11.8 Å². The first-order chi connectivity index (χ1) is 8.58. The van der Waals surface area contributed by atoms with E-state index in [0.717, 1.165) is 0 Å². The maximum absolute atomic E-state index is 10.8. The van der Waals surface area contributed by atoms with E-state index in [0.29, 0.717) is 11.3 Å². The number of rotatable bonds is 3. The van der Waals surface area contributed by atoms with Gasteiger partial charge < -0.3 is 10.2 Å². The van der Waals surface area contributed by atoms with Gasteiger partial charge in [-0.2, -0.15) is 0 Å². The lowest BCUT2D eigenvalue weighted by Gasteiger charge is -2.02.